The molecule has 0 fully saturated rings. The van der Waals surface area contributed by atoms with Crippen molar-refractivity contribution in [3.05, 3.63) is 21.7 Å². The minimum absolute atomic E-state index is 0.0828. The third kappa shape index (κ3) is 4.18. The van der Waals surface area contributed by atoms with Gasteiger partial charge in [0.2, 0.25) is 0 Å². The van der Waals surface area contributed by atoms with Gasteiger partial charge in [0.25, 0.3) is 5.56 Å². The van der Waals surface area contributed by atoms with Crippen LogP contribution in [-0.4, -0.2) is 43.3 Å². The minimum atomic E-state index is -0.341. The van der Waals surface area contributed by atoms with E-state index in [1.165, 1.54) is 6.33 Å². The molecule has 0 aliphatic heterocycles. The summed E-state index contributed by atoms with van der Waals surface area (Å²) < 4.78 is 4.88. The third-order valence-electron chi connectivity index (χ3n) is 1.87. The van der Waals surface area contributed by atoms with Gasteiger partial charge in [-0.05, 0) is 0 Å². The fourth-order valence-corrected chi connectivity index (χ4v) is 1.24. The standard InChI is InChI=1S/C9H15ClN4O2/c1-16-5-4-11-2-3-12-8-7(10)9(15)14-6-13-8/h6,11H,2-5H2,1H3,(H2,12,13,14,15). The average Bonchev–Trinajstić information content (AvgIpc) is 2.29. The van der Waals surface area contributed by atoms with Gasteiger partial charge in [0.05, 0.1) is 12.9 Å². The van der Waals surface area contributed by atoms with Crippen LogP contribution < -0.4 is 16.2 Å². The number of hydrogen-bond donors (Lipinski definition) is 3. The topological polar surface area (TPSA) is 79.0 Å². The first-order chi connectivity index (χ1) is 7.75. The highest BCUT2D eigenvalue weighted by Gasteiger charge is 2.03. The Kier molecular flexibility index (Phi) is 5.84. The van der Waals surface area contributed by atoms with E-state index in [4.69, 9.17) is 16.3 Å². The van der Waals surface area contributed by atoms with Crippen molar-refractivity contribution in [2.75, 3.05) is 38.7 Å². The molecule has 0 aromatic carbocycles. The predicted molar refractivity (Wildman–Crippen MR) is 63.1 cm³/mol. The molecule has 0 aliphatic carbocycles. The number of nitrogens with zero attached hydrogens (tertiary/aromatic N) is 1. The Morgan fingerprint density at radius 2 is 2.31 bits per heavy atom. The molecule has 90 valence electrons. The zero-order valence-corrected chi connectivity index (χ0v) is 9.80. The maximum atomic E-state index is 11.1. The molecule has 16 heavy (non-hydrogen) atoms. The molecule has 0 aliphatic rings. The molecule has 0 bridgehead atoms. The number of ether oxygens (including phenoxy) is 1. The average molecular weight is 247 g/mol. The SMILES string of the molecule is COCCNCCNc1nc[nH]c(=O)c1Cl. The Labute approximate surface area is 98.4 Å². The second-order valence-electron chi connectivity index (χ2n) is 3.06. The van der Waals surface area contributed by atoms with Crippen LogP contribution in [0.5, 0.6) is 0 Å². The molecule has 3 N–H and O–H groups in total. The van der Waals surface area contributed by atoms with Gasteiger partial charge in [0.15, 0.2) is 5.82 Å². The molecular weight excluding hydrogens is 232 g/mol. The largest absolute Gasteiger partial charge is 0.383 e. The summed E-state index contributed by atoms with van der Waals surface area (Å²) in [6, 6.07) is 0. The van der Waals surface area contributed by atoms with E-state index in [-0.39, 0.29) is 10.6 Å². The molecule has 0 unspecified atom stereocenters. The molecule has 0 spiro atoms. The lowest BCUT2D eigenvalue weighted by Gasteiger charge is -2.07. The maximum absolute atomic E-state index is 11.1. The number of aromatic amines is 1. The van der Waals surface area contributed by atoms with Crippen molar-refractivity contribution < 1.29 is 4.74 Å². The summed E-state index contributed by atoms with van der Waals surface area (Å²) in [6.45, 7) is 2.84. The van der Waals surface area contributed by atoms with Gasteiger partial charge in [-0.3, -0.25) is 4.79 Å². The normalized spacial score (nSPS) is 10.4. The van der Waals surface area contributed by atoms with Gasteiger partial charge in [0.1, 0.15) is 5.02 Å². The van der Waals surface area contributed by atoms with Gasteiger partial charge in [0, 0.05) is 26.7 Å². The van der Waals surface area contributed by atoms with Crippen molar-refractivity contribution in [1.82, 2.24) is 15.3 Å². The van der Waals surface area contributed by atoms with Crippen molar-refractivity contribution in [3.8, 4) is 0 Å². The molecule has 0 amide bonds. The maximum Gasteiger partial charge on any atom is 0.271 e. The fourth-order valence-electron chi connectivity index (χ4n) is 1.07. The van der Waals surface area contributed by atoms with E-state index in [0.29, 0.717) is 19.0 Å². The highest BCUT2D eigenvalue weighted by Crippen LogP contribution is 2.10. The van der Waals surface area contributed by atoms with E-state index in [0.717, 1.165) is 13.1 Å². The third-order valence-corrected chi connectivity index (χ3v) is 2.22. The fraction of sp³-hybridized carbons (Fsp3) is 0.556. The zero-order chi connectivity index (χ0) is 11.8. The molecule has 0 saturated heterocycles. The zero-order valence-electron chi connectivity index (χ0n) is 9.05. The number of nitrogens with one attached hydrogen (secondary N) is 3. The highest BCUT2D eigenvalue weighted by molar-refractivity contribution is 6.32. The quantitative estimate of drug-likeness (QED) is 0.594. The van der Waals surface area contributed by atoms with Gasteiger partial charge in [-0.15, -0.1) is 0 Å². The van der Waals surface area contributed by atoms with Gasteiger partial charge < -0.3 is 20.4 Å². The Balaban J connectivity index is 2.27. The van der Waals surface area contributed by atoms with Crippen molar-refractivity contribution in [2.45, 2.75) is 0 Å². The molecule has 1 heterocycles. The van der Waals surface area contributed by atoms with Crippen LogP contribution in [-0.2, 0) is 4.74 Å². The summed E-state index contributed by atoms with van der Waals surface area (Å²) in [5.41, 5.74) is -0.341. The molecule has 0 atom stereocenters. The second-order valence-corrected chi connectivity index (χ2v) is 3.44. The molecular formula is C9H15ClN4O2. The lowest BCUT2D eigenvalue weighted by Crippen LogP contribution is -2.26. The number of aromatic nitrogens is 2. The van der Waals surface area contributed by atoms with E-state index in [1.54, 1.807) is 7.11 Å². The van der Waals surface area contributed by atoms with E-state index >= 15 is 0 Å². The number of rotatable bonds is 7. The predicted octanol–water partition coefficient (Wildman–Crippen LogP) is 0.0712. The van der Waals surface area contributed by atoms with Crippen LogP contribution in [0, 0.1) is 0 Å². The van der Waals surface area contributed by atoms with Crippen LogP contribution >= 0.6 is 11.6 Å². The molecule has 7 heteroatoms. The molecule has 1 aromatic rings. The number of halogens is 1. The smallest absolute Gasteiger partial charge is 0.271 e. The molecule has 1 rings (SSSR count). The Bertz CT molecular complexity index is 369. The molecule has 0 radical (unpaired) electrons. The van der Waals surface area contributed by atoms with Crippen molar-refractivity contribution in [3.63, 3.8) is 0 Å². The van der Waals surface area contributed by atoms with Gasteiger partial charge in [-0.1, -0.05) is 11.6 Å². The number of methoxy groups -OCH3 is 1. The number of anilines is 1. The van der Waals surface area contributed by atoms with Crippen molar-refractivity contribution >= 4 is 17.4 Å². The van der Waals surface area contributed by atoms with Crippen LogP contribution in [0.1, 0.15) is 0 Å². The summed E-state index contributed by atoms with van der Waals surface area (Å²) in [6.07, 6.45) is 1.31. The van der Waals surface area contributed by atoms with Crippen LogP contribution in [0.4, 0.5) is 5.82 Å². The first kappa shape index (κ1) is 13.0. The van der Waals surface area contributed by atoms with Crippen LogP contribution in [0.2, 0.25) is 5.02 Å². The molecule has 1 aromatic heterocycles. The van der Waals surface area contributed by atoms with Crippen molar-refractivity contribution in [1.29, 1.82) is 0 Å². The Morgan fingerprint density at radius 1 is 1.50 bits per heavy atom. The van der Waals surface area contributed by atoms with E-state index in [9.17, 15) is 4.79 Å². The van der Waals surface area contributed by atoms with Crippen LogP contribution in [0.3, 0.4) is 0 Å². The van der Waals surface area contributed by atoms with E-state index in [2.05, 4.69) is 20.6 Å². The number of hydrogen-bond acceptors (Lipinski definition) is 5. The van der Waals surface area contributed by atoms with Gasteiger partial charge in [-0.25, -0.2) is 4.98 Å². The Hall–Kier alpha value is -1.11. The first-order valence-electron chi connectivity index (χ1n) is 4.92. The van der Waals surface area contributed by atoms with Crippen LogP contribution in [0.15, 0.2) is 11.1 Å². The number of H-pyrrole nitrogens is 1. The van der Waals surface area contributed by atoms with E-state index in [1.807, 2.05) is 0 Å². The summed E-state index contributed by atoms with van der Waals surface area (Å²) in [4.78, 5) is 17.4. The Morgan fingerprint density at radius 3 is 3.06 bits per heavy atom. The molecule has 6 nitrogen and oxygen atoms in total. The summed E-state index contributed by atoms with van der Waals surface area (Å²) in [5, 5.41) is 6.19. The van der Waals surface area contributed by atoms with Gasteiger partial charge in [-0.2, -0.15) is 0 Å². The monoisotopic (exact) mass is 246 g/mol. The van der Waals surface area contributed by atoms with Crippen LogP contribution in [0.25, 0.3) is 0 Å². The molecule has 0 saturated carbocycles. The highest BCUT2D eigenvalue weighted by atomic mass is 35.5. The lowest BCUT2D eigenvalue weighted by molar-refractivity contribution is 0.200. The second kappa shape index (κ2) is 7.21. The van der Waals surface area contributed by atoms with E-state index < -0.39 is 0 Å². The summed E-state index contributed by atoms with van der Waals surface area (Å²) in [7, 11) is 1.65. The lowest BCUT2D eigenvalue weighted by atomic mass is 10.5. The van der Waals surface area contributed by atoms with Crippen molar-refractivity contribution in [2.24, 2.45) is 0 Å². The minimum Gasteiger partial charge on any atom is -0.383 e. The summed E-state index contributed by atoms with van der Waals surface area (Å²) in [5.74, 6) is 0.402. The van der Waals surface area contributed by atoms with Gasteiger partial charge >= 0.3 is 0 Å². The summed E-state index contributed by atoms with van der Waals surface area (Å²) >= 11 is 5.75. The first-order valence-corrected chi connectivity index (χ1v) is 5.30.